The summed E-state index contributed by atoms with van der Waals surface area (Å²) in [6.07, 6.45) is 1.42. The molecule has 2 aromatic carbocycles. The van der Waals surface area contributed by atoms with Crippen molar-refractivity contribution in [2.75, 3.05) is 11.9 Å². The summed E-state index contributed by atoms with van der Waals surface area (Å²) in [7, 11) is 0. The maximum atomic E-state index is 10.8. The molecular weight excluding hydrogens is 278 g/mol. The predicted octanol–water partition coefficient (Wildman–Crippen LogP) is 3.56. The van der Waals surface area contributed by atoms with Gasteiger partial charge in [0.05, 0.1) is 0 Å². The highest BCUT2D eigenvalue weighted by molar-refractivity contribution is 5.72. The van der Waals surface area contributed by atoms with E-state index in [0.29, 0.717) is 5.75 Å². The molecule has 0 aliphatic carbocycles. The number of carboxylic acid groups (broad SMARTS) is 1. The number of ether oxygens (including phenoxy) is 1. The van der Waals surface area contributed by atoms with E-state index in [1.807, 2.05) is 24.3 Å². The normalized spacial score (nSPS) is 14.6. The van der Waals surface area contributed by atoms with Gasteiger partial charge in [0.2, 0.25) is 0 Å². The van der Waals surface area contributed by atoms with Gasteiger partial charge >= 0.3 is 5.97 Å². The van der Waals surface area contributed by atoms with Crippen LogP contribution in [0, 0.1) is 0 Å². The Labute approximate surface area is 129 Å². The molecular formula is C18H19NO3. The Morgan fingerprint density at radius 3 is 2.64 bits per heavy atom. The first kappa shape index (κ1) is 14.4. The molecule has 0 saturated carbocycles. The highest BCUT2D eigenvalue weighted by Gasteiger charge is 2.13. The lowest BCUT2D eigenvalue weighted by Gasteiger charge is -2.18. The third kappa shape index (κ3) is 3.06. The summed E-state index contributed by atoms with van der Waals surface area (Å²) in [6.45, 7) is 2.56. The van der Waals surface area contributed by atoms with Gasteiger partial charge in [-0.25, -0.2) is 4.79 Å². The molecule has 22 heavy (non-hydrogen) atoms. The number of carboxylic acids is 1. The average molecular weight is 297 g/mol. The van der Waals surface area contributed by atoms with Gasteiger partial charge in [-0.05, 0) is 60.7 Å². The maximum absolute atomic E-state index is 10.8. The Bertz CT molecular complexity index is 679. The fraction of sp³-hybridized carbons (Fsp3) is 0.278. The molecule has 0 radical (unpaired) electrons. The van der Waals surface area contributed by atoms with Crippen LogP contribution in [0.15, 0.2) is 42.5 Å². The lowest BCUT2D eigenvalue weighted by molar-refractivity contribution is -0.144. The molecule has 0 amide bonds. The Balaban J connectivity index is 1.79. The zero-order chi connectivity index (χ0) is 15.5. The van der Waals surface area contributed by atoms with Gasteiger partial charge in [0.15, 0.2) is 6.10 Å². The number of hydrogen-bond acceptors (Lipinski definition) is 3. The lowest BCUT2D eigenvalue weighted by Crippen LogP contribution is -2.22. The Morgan fingerprint density at radius 2 is 1.91 bits per heavy atom. The summed E-state index contributed by atoms with van der Waals surface area (Å²) in [6, 6.07) is 14.0. The zero-order valence-electron chi connectivity index (χ0n) is 12.5. The van der Waals surface area contributed by atoms with E-state index in [1.54, 1.807) is 0 Å². The van der Waals surface area contributed by atoms with E-state index in [2.05, 4.69) is 23.5 Å². The molecule has 0 aromatic heterocycles. The third-order valence-electron chi connectivity index (χ3n) is 3.89. The van der Waals surface area contributed by atoms with E-state index in [0.717, 1.165) is 24.9 Å². The van der Waals surface area contributed by atoms with Crippen LogP contribution in [0.25, 0.3) is 11.1 Å². The zero-order valence-corrected chi connectivity index (χ0v) is 12.5. The largest absolute Gasteiger partial charge is 0.479 e. The van der Waals surface area contributed by atoms with E-state index >= 15 is 0 Å². The summed E-state index contributed by atoms with van der Waals surface area (Å²) in [5.41, 5.74) is 4.85. The Morgan fingerprint density at radius 1 is 1.18 bits per heavy atom. The van der Waals surface area contributed by atoms with E-state index in [-0.39, 0.29) is 0 Å². The van der Waals surface area contributed by atoms with E-state index in [9.17, 15) is 4.79 Å². The Kier molecular flexibility index (Phi) is 4.00. The quantitative estimate of drug-likeness (QED) is 0.906. The molecule has 1 aliphatic rings. The molecule has 2 aromatic rings. The van der Waals surface area contributed by atoms with E-state index < -0.39 is 12.1 Å². The molecule has 1 aliphatic heterocycles. The summed E-state index contributed by atoms with van der Waals surface area (Å²) >= 11 is 0. The Hall–Kier alpha value is -2.49. The highest BCUT2D eigenvalue weighted by Crippen LogP contribution is 2.29. The first-order valence-corrected chi connectivity index (χ1v) is 7.50. The predicted molar refractivity (Wildman–Crippen MR) is 86.4 cm³/mol. The fourth-order valence-electron chi connectivity index (χ4n) is 2.63. The molecule has 114 valence electrons. The van der Waals surface area contributed by atoms with Crippen molar-refractivity contribution in [3.63, 3.8) is 0 Å². The number of hydrogen-bond donors (Lipinski definition) is 2. The van der Waals surface area contributed by atoms with E-state index in [1.165, 1.54) is 23.7 Å². The summed E-state index contributed by atoms with van der Waals surface area (Å²) in [4.78, 5) is 10.8. The minimum absolute atomic E-state index is 0.568. The van der Waals surface area contributed by atoms with Crippen molar-refractivity contribution in [3.05, 3.63) is 48.0 Å². The standard InChI is InChI=1S/C18H19NO3/c1-12(18(20)21)22-16-7-4-13(5-8-16)14-6-9-17-15(11-14)3-2-10-19-17/h4-9,11-12,19H,2-3,10H2,1H3,(H,20,21). The molecule has 2 N–H and O–H groups in total. The van der Waals surface area contributed by atoms with Crippen LogP contribution in [0.2, 0.25) is 0 Å². The number of fused-ring (bicyclic) bond motifs is 1. The van der Waals surface area contributed by atoms with Crippen LogP contribution in [-0.4, -0.2) is 23.7 Å². The molecule has 3 rings (SSSR count). The fourth-order valence-corrected chi connectivity index (χ4v) is 2.63. The van der Waals surface area contributed by atoms with Crippen LogP contribution in [-0.2, 0) is 11.2 Å². The van der Waals surface area contributed by atoms with Crippen molar-refractivity contribution in [1.82, 2.24) is 0 Å². The minimum Gasteiger partial charge on any atom is -0.479 e. The topological polar surface area (TPSA) is 58.6 Å². The summed E-state index contributed by atoms with van der Waals surface area (Å²) < 4.78 is 5.35. The second-order valence-electron chi connectivity index (χ2n) is 5.52. The van der Waals surface area contributed by atoms with Crippen molar-refractivity contribution in [3.8, 4) is 16.9 Å². The van der Waals surface area contributed by atoms with Crippen molar-refractivity contribution >= 4 is 11.7 Å². The van der Waals surface area contributed by atoms with Gasteiger partial charge in [0.25, 0.3) is 0 Å². The van der Waals surface area contributed by atoms with Crippen LogP contribution >= 0.6 is 0 Å². The monoisotopic (exact) mass is 297 g/mol. The van der Waals surface area contributed by atoms with Crippen molar-refractivity contribution < 1.29 is 14.6 Å². The highest BCUT2D eigenvalue weighted by atomic mass is 16.5. The van der Waals surface area contributed by atoms with Gasteiger partial charge in [0.1, 0.15) is 5.75 Å². The average Bonchev–Trinajstić information content (AvgIpc) is 2.55. The first-order valence-electron chi connectivity index (χ1n) is 7.50. The molecule has 4 heteroatoms. The summed E-state index contributed by atoms with van der Waals surface area (Å²) in [5.74, 6) is -0.399. The van der Waals surface area contributed by atoms with Crippen molar-refractivity contribution in [2.45, 2.75) is 25.9 Å². The second kappa shape index (κ2) is 6.10. The molecule has 4 nitrogen and oxygen atoms in total. The number of benzene rings is 2. The third-order valence-corrected chi connectivity index (χ3v) is 3.89. The number of nitrogens with one attached hydrogen (secondary N) is 1. The molecule has 0 saturated heterocycles. The molecule has 1 atom stereocenters. The van der Waals surface area contributed by atoms with Crippen LogP contribution < -0.4 is 10.1 Å². The number of rotatable bonds is 4. The number of aryl methyl sites for hydroxylation is 1. The van der Waals surface area contributed by atoms with Crippen LogP contribution in [0.1, 0.15) is 18.9 Å². The van der Waals surface area contributed by atoms with Crippen LogP contribution in [0.5, 0.6) is 5.75 Å². The van der Waals surface area contributed by atoms with Gasteiger partial charge in [-0.2, -0.15) is 0 Å². The van der Waals surface area contributed by atoms with Gasteiger partial charge in [-0.3, -0.25) is 0 Å². The SMILES string of the molecule is CC(Oc1ccc(-c2ccc3c(c2)CCCN3)cc1)C(=O)O. The number of anilines is 1. The molecule has 1 heterocycles. The van der Waals surface area contributed by atoms with Crippen LogP contribution in [0.4, 0.5) is 5.69 Å². The van der Waals surface area contributed by atoms with Gasteiger partial charge in [0, 0.05) is 12.2 Å². The smallest absolute Gasteiger partial charge is 0.344 e. The first-order chi connectivity index (χ1) is 10.6. The number of carbonyl (C=O) groups is 1. The second-order valence-corrected chi connectivity index (χ2v) is 5.52. The lowest BCUT2D eigenvalue weighted by atomic mass is 9.97. The van der Waals surface area contributed by atoms with Crippen LogP contribution in [0.3, 0.4) is 0 Å². The number of aliphatic carboxylic acids is 1. The minimum atomic E-state index is -0.966. The van der Waals surface area contributed by atoms with Gasteiger partial charge in [-0.15, -0.1) is 0 Å². The molecule has 1 unspecified atom stereocenters. The van der Waals surface area contributed by atoms with Crippen molar-refractivity contribution in [1.29, 1.82) is 0 Å². The summed E-state index contributed by atoms with van der Waals surface area (Å²) in [5, 5.41) is 12.3. The van der Waals surface area contributed by atoms with Gasteiger partial charge < -0.3 is 15.2 Å². The molecule has 0 fully saturated rings. The maximum Gasteiger partial charge on any atom is 0.344 e. The molecule has 0 bridgehead atoms. The van der Waals surface area contributed by atoms with E-state index in [4.69, 9.17) is 9.84 Å². The molecule has 0 spiro atoms. The van der Waals surface area contributed by atoms with Crippen molar-refractivity contribution in [2.24, 2.45) is 0 Å². The van der Waals surface area contributed by atoms with Gasteiger partial charge in [-0.1, -0.05) is 18.2 Å².